The van der Waals surface area contributed by atoms with E-state index < -0.39 is 132 Å². The Bertz CT molecular complexity index is 7050. The van der Waals surface area contributed by atoms with E-state index in [9.17, 15) is 27.4 Å². The topological polar surface area (TPSA) is 16.3 Å². The summed E-state index contributed by atoms with van der Waals surface area (Å²) >= 11 is 0. The first-order valence-electron chi connectivity index (χ1n) is 51.8. The number of benzene rings is 13. The minimum absolute atomic E-state index is 0.101. The molecule has 0 radical (unpaired) electrons. The third-order valence-corrected chi connectivity index (χ3v) is 22.1. The molecule has 0 spiro atoms. The van der Waals surface area contributed by atoms with Gasteiger partial charge in [0.05, 0.1) is 55.4 Å². The number of nitrogens with zero attached hydrogens (tertiary/aromatic N) is 4. The second-order valence-corrected chi connectivity index (χ2v) is 41.3. The number of rotatable bonds is 15. The van der Waals surface area contributed by atoms with Crippen LogP contribution in [-0.2, 0) is 44.8 Å². The molecular weight excluding hydrogens is 1420 g/mol. The molecule has 0 aliphatic carbocycles. The maximum absolute atomic E-state index is 10.8. The van der Waals surface area contributed by atoms with Gasteiger partial charge in [-0.15, -0.1) is 0 Å². The Morgan fingerprint density at radius 3 is 0.856 bits per heavy atom. The number of aromatic nitrogens is 2. The average Bonchev–Trinajstić information content (AvgIpc) is 0.747. The molecule has 13 aromatic carbocycles. The summed E-state index contributed by atoms with van der Waals surface area (Å²) in [5, 5.41) is -0.467. The largest absolute Gasteiger partial charge is 0.311 e. The fraction of sp³-hybridized carbons (Fsp3) is 0.310. The molecule has 2 aromatic heterocycles. The van der Waals surface area contributed by atoms with Crippen molar-refractivity contribution in [2.45, 2.75) is 190 Å². The van der Waals surface area contributed by atoms with E-state index >= 15 is 0 Å². The predicted octanol–water partition coefficient (Wildman–Crippen LogP) is 29.8. The highest BCUT2D eigenvalue weighted by Gasteiger charge is 2.46. The second-order valence-electron chi connectivity index (χ2n) is 41.3. The zero-order valence-electron chi connectivity index (χ0n) is 92.6. The summed E-state index contributed by atoms with van der Waals surface area (Å²) in [6.07, 6.45) is -1.04. The van der Waals surface area contributed by atoms with Crippen molar-refractivity contribution in [1.29, 1.82) is 0 Å². The molecular formula is C113H121BN4. The zero-order valence-corrected chi connectivity index (χ0v) is 72.6. The monoisotopic (exact) mass is 1570 g/mol. The molecule has 15 aromatic rings. The summed E-state index contributed by atoms with van der Waals surface area (Å²) in [4.78, 5) is 4.51. The first-order valence-corrected chi connectivity index (χ1v) is 41.8. The van der Waals surface area contributed by atoms with Crippen LogP contribution >= 0.6 is 0 Å². The lowest BCUT2D eigenvalue weighted by Gasteiger charge is -2.46. The molecule has 2 aliphatic heterocycles. The van der Waals surface area contributed by atoms with Crippen LogP contribution in [0.4, 0.5) is 34.1 Å². The van der Waals surface area contributed by atoms with Crippen molar-refractivity contribution in [2.24, 2.45) is 37.9 Å². The molecule has 5 heteroatoms. The van der Waals surface area contributed by atoms with Crippen molar-refractivity contribution in [1.82, 2.24) is 9.13 Å². The fourth-order valence-electron chi connectivity index (χ4n) is 18.2. The lowest BCUT2D eigenvalue weighted by Crippen LogP contribution is -2.61. The van der Waals surface area contributed by atoms with Gasteiger partial charge in [0, 0.05) is 72.3 Å². The molecule has 0 amide bonds. The van der Waals surface area contributed by atoms with Crippen LogP contribution in [0.5, 0.6) is 0 Å². The number of para-hydroxylation sites is 4. The minimum atomic E-state index is -2.07. The van der Waals surface area contributed by atoms with Gasteiger partial charge in [0.1, 0.15) is 0 Å². The smallest absolute Gasteiger partial charge is 0.252 e. The van der Waals surface area contributed by atoms with Gasteiger partial charge in [-0.25, -0.2) is 0 Å². The van der Waals surface area contributed by atoms with Gasteiger partial charge in [0.2, 0.25) is 0 Å². The highest BCUT2D eigenvalue weighted by molar-refractivity contribution is 7.00. The highest BCUT2D eigenvalue weighted by atomic mass is 15.2. The van der Waals surface area contributed by atoms with E-state index in [0.29, 0.717) is 111 Å². The molecule has 0 saturated carbocycles. The molecule has 0 atom stereocenters. The van der Waals surface area contributed by atoms with Crippen molar-refractivity contribution in [3.8, 4) is 55.9 Å². The quantitative estimate of drug-likeness (QED) is 0.0951. The Morgan fingerprint density at radius 2 is 0.559 bits per heavy atom. The first-order chi connectivity index (χ1) is 64.0. The van der Waals surface area contributed by atoms with Crippen LogP contribution in [0.25, 0.3) is 99.5 Å². The highest BCUT2D eigenvalue weighted by Crippen LogP contribution is 2.54. The predicted molar refractivity (Wildman–Crippen MR) is 513 cm³/mol. The summed E-state index contributed by atoms with van der Waals surface area (Å²) in [7, 11) is 0. The van der Waals surface area contributed by atoms with Crippen molar-refractivity contribution in [3.63, 3.8) is 0 Å². The third-order valence-electron chi connectivity index (χ3n) is 22.1. The minimum Gasteiger partial charge on any atom is -0.311 e. The second kappa shape index (κ2) is 29.6. The van der Waals surface area contributed by atoms with Crippen LogP contribution in [0.15, 0.2) is 267 Å². The Labute approximate surface area is 733 Å². The first kappa shape index (κ1) is 58.9. The molecule has 2 aliphatic rings. The van der Waals surface area contributed by atoms with Crippen molar-refractivity contribution < 1.29 is 27.4 Å². The van der Waals surface area contributed by atoms with Crippen LogP contribution in [0.1, 0.15) is 212 Å². The summed E-state index contributed by atoms with van der Waals surface area (Å²) in [5.41, 5.74) is 13.5. The molecule has 17 rings (SSSR count). The van der Waals surface area contributed by atoms with Crippen LogP contribution < -0.4 is 26.2 Å². The Hall–Kier alpha value is -10.9. The molecule has 0 fully saturated rings. The van der Waals surface area contributed by atoms with Gasteiger partial charge in [-0.05, 0) is 256 Å². The standard InChI is InChI=1S/C113H121BN4/c1-107(2,3)66-73-34-30-38-78(54-73)90-64-100(92(60-82(90)71-112(16,17)18)80-40-32-36-75(56-80)68-109(7,8)9)117-102-62-84(115-96-46-26-22-42-86(96)87-43-23-27-47-97(87)115)50-52-94(102)114-95-53-51-85(116-98-48-28-24-44-88(98)89-45-25-29-49-99(89)116)63-103(95)118(105-59-77(70-111(13,14)15)58-104(117)106(105)114)101-65-91(79-39-31-35-74(55-79)67-108(4,5)6)83(72-113(19,20)21)61-93(101)81-41-33-37-76(57-81)69-110(10,11)12/h22-65H,66-72H2,1-21H3/i22D,23D,24D,25D,26D,27D,28D,29D,42D,43D,44D,45D,46D,47D,48D,49D,71D2,72D2. The van der Waals surface area contributed by atoms with E-state index in [1.165, 1.54) is 9.13 Å². The fourth-order valence-corrected chi connectivity index (χ4v) is 18.2. The molecule has 0 N–H and O–H groups in total. The van der Waals surface area contributed by atoms with Gasteiger partial charge in [-0.3, -0.25) is 0 Å². The molecule has 0 bridgehead atoms. The van der Waals surface area contributed by atoms with Gasteiger partial charge < -0.3 is 18.9 Å². The van der Waals surface area contributed by atoms with Crippen molar-refractivity contribution >= 4 is 101 Å². The van der Waals surface area contributed by atoms with Gasteiger partial charge in [-0.2, -0.15) is 0 Å². The number of hydrogen-bond acceptors (Lipinski definition) is 2. The summed E-state index contributed by atoms with van der Waals surface area (Å²) in [6, 6.07) is 49.1. The molecule has 0 unspecified atom stereocenters. The Balaban J connectivity index is 1.14. The number of anilines is 6. The van der Waals surface area contributed by atoms with Gasteiger partial charge in [0.15, 0.2) is 0 Å². The molecule has 118 heavy (non-hydrogen) atoms. The van der Waals surface area contributed by atoms with E-state index in [4.69, 9.17) is 0 Å². The Kier molecular flexibility index (Phi) is 14.8. The van der Waals surface area contributed by atoms with Crippen molar-refractivity contribution in [2.75, 3.05) is 9.80 Å². The van der Waals surface area contributed by atoms with Crippen LogP contribution in [0, 0.1) is 37.9 Å². The van der Waals surface area contributed by atoms with Crippen LogP contribution in [0.2, 0.25) is 0 Å². The SMILES string of the molecule is [2H]c1c([2H])c([2H])c2c(c1[2H])c1c([2H])c([2H])c([2H])c([2H])c1n2-c1ccc2c(c1)N(c1cc(-c3cccc(CC(C)(C)C)c3)c(C([2H])([2H])C(C)(C)C)cc1-c1cccc(CC(C)(C)C)c1)c1cc(CC(C)(C)C)cc3c1B2c1ccc(-n2c4c([2H])c([2H])c([2H])c([2H])c4c4c([2H])c([2H])c([2H])c([2H])c42)cc1N3c1cc(-c2cccc(CC(C)(C)C)c2)c(C([2H])([2H])C(C)(C)C)cc1-c1cccc(CC(C)(C)C)c1. The zero-order chi connectivity index (χ0) is 101. The lowest BCUT2D eigenvalue weighted by atomic mass is 9.33. The average molecular weight is 1570 g/mol. The van der Waals surface area contributed by atoms with Gasteiger partial charge in [0.25, 0.3) is 6.71 Å². The maximum atomic E-state index is 10.8. The van der Waals surface area contributed by atoms with Gasteiger partial charge in [-0.1, -0.05) is 327 Å². The van der Waals surface area contributed by atoms with E-state index in [-0.39, 0.29) is 76.6 Å². The maximum Gasteiger partial charge on any atom is 0.252 e. The summed E-state index contributed by atoms with van der Waals surface area (Å²) in [6.45, 7) is 43.5. The van der Waals surface area contributed by atoms with Crippen LogP contribution in [0.3, 0.4) is 0 Å². The van der Waals surface area contributed by atoms with E-state index in [1.54, 1.807) is 0 Å². The van der Waals surface area contributed by atoms with Gasteiger partial charge >= 0.3 is 0 Å². The number of hydrogen-bond donors (Lipinski definition) is 0. The van der Waals surface area contributed by atoms with E-state index in [0.717, 1.165) is 55.5 Å². The third kappa shape index (κ3) is 16.1. The van der Waals surface area contributed by atoms with E-state index in [1.807, 2.05) is 114 Å². The summed E-state index contributed by atoms with van der Waals surface area (Å²) < 4.78 is 200. The van der Waals surface area contributed by atoms with Crippen molar-refractivity contribution in [3.05, 3.63) is 305 Å². The van der Waals surface area contributed by atoms with E-state index in [2.05, 4.69) is 211 Å². The van der Waals surface area contributed by atoms with Crippen LogP contribution in [-0.4, -0.2) is 15.8 Å². The molecule has 0 saturated heterocycles. The molecule has 4 heterocycles. The normalized spacial score (nSPS) is 16.1. The lowest BCUT2D eigenvalue weighted by molar-refractivity contribution is 0.410. The molecule has 596 valence electrons. The number of fused-ring (bicyclic) bond motifs is 10. The Morgan fingerprint density at radius 1 is 0.271 bits per heavy atom. The summed E-state index contributed by atoms with van der Waals surface area (Å²) in [5.74, 6) is 0. The molecule has 4 nitrogen and oxygen atoms in total.